The molecular weight excluding hydrogens is 322 g/mol. The summed E-state index contributed by atoms with van der Waals surface area (Å²) < 4.78 is 0. The van der Waals surface area contributed by atoms with Crippen LogP contribution in [0.3, 0.4) is 0 Å². The van der Waals surface area contributed by atoms with Gasteiger partial charge in [0.15, 0.2) is 0 Å². The van der Waals surface area contributed by atoms with Crippen LogP contribution < -0.4 is 5.32 Å². The van der Waals surface area contributed by atoms with Crippen LogP contribution in [0.1, 0.15) is 60.6 Å². The number of piperidine rings is 1. The molecule has 0 spiro atoms. The third-order valence-electron chi connectivity index (χ3n) is 5.42. The van der Waals surface area contributed by atoms with Crippen molar-refractivity contribution in [3.63, 3.8) is 0 Å². The Bertz CT molecular complexity index is 887. The highest BCUT2D eigenvalue weighted by molar-refractivity contribution is 5.91. The first-order valence-electron chi connectivity index (χ1n) is 9.10. The van der Waals surface area contributed by atoms with E-state index in [-0.39, 0.29) is 5.75 Å². The first-order chi connectivity index (χ1) is 12.5. The normalized spacial score (nSPS) is 18.2. The molecule has 3 rings (SSSR count). The zero-order valence-corrected chi connectivity index (χ0v) is 15.6. The van der Waals surface area contributed by atoms with Gasteiger partial charge in [-0.05, 0) is 86.7 Å². The van der Waals surface area contributed by atoms with Crippen molar-refractivity contribution in [2.75, 3.05) is 13.1 Å². The zero-order chi connectivity index (χ0) is 18.7. The lowest BCUT2D eigenvalue weighted by Crippen LogP contribution is -2.29. The predicted octanol–water partition coefficient (Wildman–Crippen LogP) is 4.38. The highest BCUT2D eigenvalue weighted by atomic mass is 16.3. The molecule has 26 heavy (non-hydrogen) atoms. The van der Waals surface area contributed by atoms with Crippen molar-refractivity contribution in [2.45, 2.75) is 39.5 Å². The highest BCUT2D eigenvalue weighted by Gasteiger charge is 2.20. The molecule has 1 atom stereocenters. The fourth-order valence-corrected chi connectivity index (χ4v) is 3.78. The molecule has 1 aromatic carbocycles. The van der Waals surface area contributed by atoms with Crippen LogP contribution in [0.25, 0.3) is 11.1 Å². The number of phenols is 1. The number of nitrogens with one attached hydrogen (secondary N) is 1. The molecule has 134 valence electrons. The molecule has 2 aromatic rings. The number of rotatable bonds is 3. The van der Waals surface area contributed by atoms with E-state index in [1.165, 1.54) is 35.7 Å². The summed E-state index contributed by atoms with van der Waals surface area (Å²) in [4.78, 5) is 4.67. The number of allylic oxidation sites excluding steroid dienone is 2. The van der Waals surface area contributed by atoms with E-state index in [1.807, 2.05) is 19.2 Å². The van der Waals surface area contributed by atoms with E-state index in [0.717, 1.165) is 29.8 Å². The van der Waals surface area contributed by atoms with Crippen molar-refractivity contribution < 1.29 is 5.11 Å². The fourth-order valence-electron chi connectivity index (χ4n) is 3.78. The molecule has 0 radical (unpaired) electrons. The van der Waals surface area contributed by atoms with Crippen LogP contribution in [-0.2, 0) is 0 Å². The van der Waals surface area contributed by atoms with Crippen molar-refractivity contribution >= 4 is 11.1 Å². The smallest absolute Gasteiger partial charge is 0.124 e. The van der Waals surface area contributed by atoms with Gasteiger partial charge >= 0.3 is 0 Å². The second kappa shape index (κ2) is 7.72. The van der Waals surface area contributed by atoms with Crippen molar-refractivity contribution in [3.05, 3.63) is 58.4 Å². The Balaban J connectivity index is 2.02. The van der Waals surface area contributed by atoms with Gasteiger partial charge in [0.25, 0.3) is 0 Å². The molecule has 2 heterocycles. The number of pyridine rings is 1. The summed E-state index contributed by atoms with van der Waals surface area (Å²) in [5, 5.41) is 22.8. The van der Waals surface area contributed by atoms with Gasteiger partial charge in [-0.3, -0.25) is 4.98 Å². The van der Waals surface area contributed by atoms with E-state index in [0.29, 0.717) is 11.5 Å². The summed E-state index contributed by atoms with van der Waals surface area (Å²) >= 11 is 0. The van der Waals surface area contributed by atoms with Crippen molar-refractivity contribution in [3.8, 4) is 11.8 Å². The molecule has 4 heteroatoms. The van der Waals surface area contributed by atoms with E-state index in [4.69, 9.17) is 5.26 Å². The van der Waals surface area contributed by atoms with Crippen LogP contribution in [0, 0.1) is 18.3 Å². The van der Waals surface area contributed by atoms with Crippen molar-refractivity contribution in [2.24, 2.45) is 0 Å². The van der Waals surface area contributed by atoms with Crippen LogP contribution in [0.4, 0.5) is 0 Å². The average molecular weight is 347 g/mol. The highest BCUT2D eigenvalue weighted by Crippen LogP contribution is 2.35. The molecule has 1 saturated heterocycles. The Kier molecular flexibility index (Phi) is 5.39. The topological polar surface area (TPSA) is 68.9 Å². The molecule has 2 N–H and O–H groups in total. The van der Waals surface area contributed by atoms with Gasteiger partial charge in [-0.15, -0.1) is 0 Å². The van der Waals surface area contributed by atoms with E-state index < -0.39 is 0 Å². The lowest BCUT2D eigenvalue weighted by Gasteiger charge is -2.25. The molecule has 1 aliphatic heterocycles. The molecular formula is C22H25N3O. The Labute approximate surface area is 155 Å². The Hall–Kier alpha value is -2.64. The van der Waals surface area contributed by atoms with Gasteiger partial charge in [0, 0.05) is 29.9 Å². The SMILES string of the molecule is C/C(=C(/C)c1ccnc([C@@H]2CCCNC2)c1C)c1ccc(C#N)cc1O. The van der Waals surface area contributed by atoms with Crippen LogP contribution in [0.2, 0.25) is 0 Å². The number of nitrogens with zero attached hydrogens (tertiary/aromatic N) is 2. The van der Waals surface area contributed by atoms with Gasteiger partial charge in [0.1, 0.15) is 5.75 Å². The summed E-state index contributed by atoms with van der Waals surface area (Å²) in [5.41, 5.74) is 6.91. The van der Waals surface area contributed by atoms with Crippen LogP contribution >= 0.6 is 0 Å². The van der Waals surface area contributed by atoms with Gasteiger partial charge < -0.3 is 10.4 Å². The molecule has 1 aromatic heterocycles. The number of aromatic hydroxyl groups is 1. The second-order valence-corrected chi connectivity index (χ2v) is 7.01. The molecule has 0 bridgehead atoms. The second-order valence-electron chi connectivity index (χ2n) is 7.01. The van der Waals surface area contributed by atoms with Crippen LogP contribution in [-0.4, -0.2) is 23.2 Å². The lowest BCUT2D eigenvalue weighted by molar-refractivity contribution is 0.453. The minimum atomic E-state index is 0.143. The van der Waals surface area contributed by atoms with E-state index >= 15 is 0 Å². The monoisotopic (exact) mass is 347 g/mol. The molecule has 4 nitrogen and oxygen atoms in total. The van der Waals surface area contributed by atoms with Gasteiger partial charge in [-0.1, -0.05) is 0 Å². The first kappa shape index (κ1) is 18.2. The van der Waals surface area contributed by atoms with Crippen LogP contribution in [0.5, 0.6) is 5.75 Å². The van der Waals surface area contributed by atoms with Gasteiger partial charge in [0.05, 0.1) is 11.6 Å². The average Bonchev–Trinajstić information content (AvgIpc) is 2.67. The summed E-state index contributed by atoms with van der Waals surface area (Å²) in [6, 6.07) is 9.18. The molecule has 0 amide bonds. The number of hydrogen-bond acceptors (Lipinski definition) is 4. The Morgan fingerprint density at radius 1 is 1.23 bits per heavy atom. The largest absolute Gasteiger partial charge is 0.507 e. The standard InChI is InChI=1S/C22H25N3O/c1-14(15(2)20-7-6-17(12-23)11-21(20)26)19-8-10-25-22(16(19)3)18-5-4-9-24-13-18/h6-8,10-11,18,24,26H,4-5,9,13H2,1-3H3/b15-14+/t18-/m1/s1. The van der Waals surface area contributed by atoms with Gasteiger partial charge in [0.2, 0.25) is 0 Å². The third-order valence-corrected chi connectivity index (χ3v) is 5.42. The number of aromatic nitrogens is 1. The number of hydrogen-bond donors (Lipinski definition) is 2. The molecule has 1 aliphatic rings. The van der Waals surface area contributed by atoms with Gasteiger partial charge in [-0.25, -0.2) is 0 Å². The molecule has 0 aliphatic carbocycles. The van der Waals surface area contributed by atoms with E-state index in [9.17, 15) is 5.11 Å². The minimum Gasteiger partial charge on any atom is -0.507 e. The Morgan fingerprint density at radius 2 is 2.00 bits per heavy atom. The summed E-state index contributed by atoms with van der Waals surface area (Å²) in [7, 11) is 0. The molecule has 0 saturated carbocycles. The molecule has 0 unspecified atom stereocenters. The summed E-state index contributed by atoms with van der Waals surface area (Å²) in [5.74, 6) is 0.601. The maximum atomic E-state index is 10.3. The number of benzene rings is 1. The lowest BCUT2D eigenvalue weighted by atomic mass is 9.88. The third kappa shape index (κ3) is 3.49. The predicted molar refractivity (Wildman–Crippen MR) is 105 cm³/mol. The summed E-state index contributed by atoms with van der Waals surface area (Å²) in [6.45, 7) is 8.30. The maximum Gasteiger partial charge on any atom is 0.124 e. The van der Waals surface area contributed by atoms with E-state index in [1.54, 1.807) is 6.07 Å². The Morgan fingerprint density at radius 3 is 2.65 bits per heavy atom. The van der Waals surface area contributed by atoms with E-state index in [2.05, 4.69) is 36.3 Å². The minimum absolute atomic E-state index is 0.143. The van der Waals surface area contributed by atoms with Crippen molar-refractivity contribution in [1.82, 2.24) is 10.3 Å². The van der Waals surface area contributed by atoms with Crippen molar-refractivity contribution in [1.29, 1.82) is 5.26 Å². The quantitative estimate of drug-likeness (QED) is 0.864. The number of nitriles is 1. The first-order valence-corrected chi connectivity index (χ1v) is 9.10. The number of phenolic OH excluding ortho intramolecular Hbond substituents is 1. The van der Waals surface area contributed by atoms with Gasteiger partial charge in [-0.2, -0.15) is 5.26 Å². The summed E-state index contributed by atoms with van der Waals surface area (Å²) in [6.07, 6.45) is 4.24. The van der Waals surface area contributed by atoms with Crippen LogP contribution in [0.15, 0.2) is 30.5 Å². The maximum absolute atomic E-state index is 10.3. The fraction of sp³-hybridized carbons (Fsp3) is 0.364. The molecule has 1 fully saturated rings. The zero-order valence-electron chi connectivity index (χ0n) is 15.6.